The fraction of sp³-hybridized carbons (Fsp3) is 0.556. The predicted octanol–water partition coefficient (Wildman–Crippen LogP) is -1.52. The lowest BCUT2D eigenvalue weighted by atomic mass is 10.3. The lowest BCUT2D eigenvalue weighted by Gasteiger charge is -2.08. The molecule has 2 amide bonds. The van der Waals surface area contributed by atoms with Gasteiger partial charge in [-0.05, 0) is 6.42 Å². The summed E-state index contributed by atoms with van der Waals surface area (Å²) < 4.78 is 0. The lowest BCUT2D eigenvalue weighted by molar-refractivity contribution is -0.146. The van der Waals surface area contributed by atoms with Crippen LogP contribution in [0.3, 0.4) is 0 Å². The second-order valence-corrected chi connectivity index (χ2v) is 3.53. The van der Waals surface area contributed by atoms with Crippen LogP contribution in [0.4, 0.5) is 4.79 Å². The van der Waals surface area contributed by atoms with Crippen LogP contribution >= 0.6 is 0 Å². The highest BCUT2D eigenvalue weighted by atomic mass is 16.4. The van der Waals surface area contributed by atoms with Gasteiger partial charge in [0.25, 0.3) is 0 Å². The third-order valence-electron chi connectivity index (χ3n) is 2.08. The van der Waals surface area contributed by atoms with Crippen molar-refractivity contribution in [2.75, 3.05) is 13.1 Å². The van der Waals surface area contributed by atoms with Gasteiger partial charge in [-0.15, -0.1) is 0 Å². The molecule has 1 aromatic rings. The Hall–Kier alpha value is -2.16. The van der Waals surface area contributed by atoms with Crippen molar-refractivity contribution in [2.45, 2.75) is 18.9 Å². The van der Waals surface area contributed by atoms with Gasteiger partial charge in [-0.2, -0.15) is 5.10 Å². The van der Waals surface area contributed by atoms with Gasteiger partial charge < -0.3 is 20.8 Å². The first-order chi connectivity index (χ1) is 8.59. The number of rotatable bonds is 7. The molecule has 0 spiro atoms. The third-order valence-corrected chi connectivity index (χ3v) is 2.08. The number of nitrogens with one attached hydrogen (secondary N) is 3. The SMILES string of the molecule is O=C(NCCCc1ncn[nH]1)NCC(O)C(=O)O. The Bertz CT molecular complexity index is 380. The molecule has 1 heterocycles. The minimum atomic E-state index is -1.59. The van der Waals surface area contributed by atoms with Crippen LogP contribution in [0.1, 0.15) is 12.2 Å². The number of nitrogens with zero attached hydrogens (tertiary/aromatic N) is 2. The monoisotopic (exact) mass is 257 g/mol. The smallest absolute Gasteiger partial charge is 0.334 e. The van der Waals surface area contributed by atoms with Crippen LogP contribution in [0, 0.1) is 0 Å². The first kappa shape index (κ1) is 13.9. The van der Waals surface area contributed by atoms with Crippen molar-refractivity contribution in [3.05, 3.63) is 12.2 Å². The summed E-state index contributed by atoms with van der Waals surface area (Å²) in [4.78, 5) is 25.4. The molecule has 0 aliphatic rings. The topological polar surface area (TPSA) is 140 Å². The molecule has 0 aliphatic carbocycles. The molecule has 1 aromatic heterocycles. The zero-order valence-electron chi connectivity index (χ0n) is 9.59. The maximum Gasteiger partial charge on any atom is 0.334 e. The summed E-state index contributed by atoms with van der Waals surface area (Å²) in [6.07, 6.45) is 1.13. The summed E-state index contributed by atoms with van der Waals surface area (Å²) in [5.74, 6) is -0.640. The number of aryl methyl sites for hydroxylation is 1. The second kappa shape index (κ2) is 7.22. The van der Waals surface area contributed by atoms with Crippen LogP contribution in [0.2, 0.25) is 0 Å². The normalized spacial score (nSPS) is 11.8. The summed E-state index contributed by atoms with van der Waals surface area (Å²) in [6.45, 7) is 0.0823. The number of carbonyl (C=O) groups excluding carboxylic acids is 1. The first-order valence-corrected chi connectivity index (χ1v) is 5.36. The minimum absolute atomic E-state index is 0.330. The lowest BCUT2D eigenvalue weighted by Crippen LogP contribution is -2.42. The van der Waals surface area contributed by atoms with E-state index in [1.165, 1.54) is 6.33 Å². The molecule has 1 rings (SSSR count). The maximum absolute atomic E-state index is 11.2. The molecular formula is C9H15N5O4. The Balaban J connectivity index is 2.05. The summed E-state index contributed by atoms with van der Waals surface area (Å²) in [6, 6.07) is -0.520. The number of hydrogen-bond acceptors (Lipinski definition) is 5. The number of aliphatic hydroxyl groups excluding tert-OH is 1. The summed E-state index contributed by atoms with van der Waals surface area (Å²) in [7, 11) is 0. The van der Waals surface area contributed by atoms with E-state index in [4.69, 9.17) is 10.2 Å². The van der Waals surface area contributed by atoms with E-state index in [9.17, 15) is 9.59 Å². The number of aromatic amines is 1. The number of aromatic nitrogens is 3. The molecule has 9 nitrogen and oxygen atoms in total. The fourth-order valence-electron chi connectivity index (χ4n) is 1.15. The molecule has 0 radical (unpaired) electrons. The number of carboxylic acid groups (broad SMARTS) is 1. The molecule has 100 valence electrons. The summed E-state index contributed by atoms with van der Waals surface area (Å²) in [5.41, 5.74) is 0. The van der Waals surface area contributed by atoms with Gasteiger partial charge in [-0.1, -0.05) is 0 Å². The molecule has 1 unspecified atom stereocenters. The van der Waals surface area contributed by atoms with Gasteiger partial charge >= 0.3 is 12.0 Å². The zero-order chi connectivity index (χ0) is 13.4. The average Bonchev–Trinajstić information content (AvgIpc) is 2.84. The van der Waals surface area contributed by atoms with E-state index in [2.05, 4.69) is 25.8 Å². The van der Waals surface area contributed by atoms with Gasteiger partial charge in [0.05, 0.1) is 6.54 Å². The van der Waals surface area contributed by atoms with Gasteiger partial charge in [-0.25, -0.2) is 14.6 Å². The Morgan fingerprint density at radius 2 is 2.22 bits per heavy atom. The highest BCUT2D eigenvalue weighted by molar-refractivity contribution is 5.76. The molecule has 0 saturated heterocycles. The molecule has 0 aliphatic heterocycles. The second-order valence-electron chi connectivity index (χ2n) is 3.53. The fourth-order valence-corrected chi connectivity index (χ4v) is 1.15. The molecule has 0 fully saturated rings. The van der Waals surface area contributed by atoms with Crippen molar-refractivity contribution in [1.82, 2.24) is 25.8 Å². The zero-order valence-corrected chi connectivity index (χ0v) is 9.59. The Morgan fingerprint density at radius 3 is 2.83 bits per heavy atom. The molecule has 9 heteroatoms. The summed E-state index contributed by atoms with van der Waals surface area (Å²) in [5, 5.41) is 28.4. The quantitative estimate of drug-likeness (QED) is 0.376. The highest BCUT2D eigenvalue weighted by Crippen LogP contribution is 1.91. The van der Waals surface area contributed by atoms with Gasteiger partial charge in [0.15, 0.2) is 6.10 Å². The Kier molecular flexibility index (Phi) is 5.58. The van der Waals surface area contributed by atoms with Gasteiger partial charge in [0.2, 0.25) is 0 Å². The Morgan fingerprint density at radius 1 is 1.44 bits per heavy atom. The third kappa shape index (κ3) is 5.25. The average molecular weight is 257 g/mol. The first-order valence-electron chi connectivity index (χ1n) is 5.36. The van der Waals surface area contributed by atoms with E-state index in [0.29, 0.717) is 19.4 Å². The standard InChI is InChI=1S/C9H15N5O4/c15-6(8(16)17)4-11-9(18)10-3-1-2-7-12-5-13-14-7/h5-6,15H,1-4H2,(H,16,17)(H2,10,11,18)(H,12,13,14). The highest BCUT2D eigenvalue weighted by Gasteiger charge is 2.13. The molecule has 1 atom stereocenters. The van der Waals surface area contributed by atoms with Crippen molar-refractivity contribution in [1.29, 1.82) is 0 Å². The van der Waals surface area contributed by atoms with Gasteiger partial charge in [0.1, 0.15) is 12.2 Å². The van der Waals surface area contributed by atoms with Crippen LogP contribution in [0.25, 0.3) is 0 Å². The van der Waals surface area contributed by atoms with E-state index in [0.717, 1.165) is 5.82 Å². The van der Waals surface area contributed by atoms with Crippen LogP contribution in [-0.2, 0) is 11.2 Å². The van der Waals surface area contributed by atoms with Crippen LogP contribution in [-0.4, -0.2) is 56.6 Å². The number of aliphatic hydroxyl groups is 1. The Labute approximate surface area is 103 Å². The van der Waals surface area contributed by atoms with E-state index >= 15 is 0 Å². The van der Waals surface area contributed by atoms with Crippen LogP contribution in [0.5, 0.6) is 0 Å². The van der Waals surface area contributed by atoms with Crippen molar-refractivity contribution in [3.8, 4) is 0 Å². The predicted molar refractivity (Wildman–Crippen MR) is 59.7 cm³/mol. The van der Waals surface area contributed by atoms with Gasteiger partial charge in [0, 0.05) is 13.0 Å². The molecule has 18 heavy (non-hydrogen) atoms. The maximum atomic E-state index is 11.2. The van der Waals surface area contributed by atoms with Crippen molar-refractivity contribution < 1.29 is 19.8 Å². The number of amides is 2. The molecular weight excluding hydrogens is 242 g/mol. The minimum Gasteiger partial charge on any atom is -0.479 e. The van der Waals surface area contributed by atoms with Crippen LogP contribution < -0.4 is 10.6 Å². The molecule has 0 bridgehead atoms. The number of H-pyrrole nitrogens is 1. The number of carboxylic acids is 1. The number of urea groups is 1. The van der Waals surface area contributed by atoms with E-state index in [1.807, 2.05) is 0 Å². The van der Waals surface area contributed by atoms with Crippen LogP contribution in [0.15, 0.2) is 6.33 Å². The molecule has 0 saturated carbocycles. The number of hydrogen-bond donors (Lipinski definition) is 5. The molecule has 0 aromatic carbocycles. The van der Waals surface area contributed by atoms with E-state index < -0.39 is 18.1 Å². The summed E-state index contributed by atoms with van der Waals surface area (Å²) >= 11 is 0. The number of carbonyl (C=O) groups is 2. The number of aliphatic carboxylic acids is 1. The van der Waals surface area contributed by atoms with Gasteiger partial charge in [-0.3, -0.25) is 5.10 Å². The van der Waals surface area contributed by atoms with E-state index in [1.54, 1.807) is 0 Å². The van der Waals surface area contributed by atoms with Crippen molar-refractivity contribution in [2.24, 2.45) is 0 Å². The van der Waals surface area contributed by atoms with E-state index in [-0.39, 0.29) is 6.54 Å². The van der Waals surface area contributed by atoms with Crippen molar-refractivity contribution in [3.63, 3.8) is 0 Å². The van der Waals surface area contributed by atoms with Crippen molar-refractivity contribution >= 4 is 12.0 Å². The molecule has 5 N–H and O–H groups in total. The largest absolute Gasteiger partial charge is 0.479 e.